The number of rotatable bonds is 5. The van der Waals surface area contributed by atoms with Gasteiger partial charge in [0.15, 0.2) is 0 Å². The molecule has 124 valence electrons. The molecule has 0 radical (unpaired) electrons. The molecule has 0 aliphatic rings. The minimum Gasteiger partial charge on any atom is -0.299 e. The summed E-state index contributed by atoms with van der Waals surface area (Å²) in [5.41, 5.74) is 1.05. The summed E-state index contributed by atoms with van der Waals surface area (Å²) in [6, 6.07) is 19.4. The largest absolute Gasteiger partial charge is 0.299 e. The fourth-order valence-corrected chi connectivity index (χ4v) is 3.28. The Morgan fingerprint density at radius 1 is 0.958 bits per heavy atom. The summed E-state index contributed by atoms with van der Waals surface area (Å²) >= 11 is 0. The molecule has 0 N–H and O–H groups in total. The molecule has 3 aromatic carbocycles. The van der Waals surface area contributed by atoms with E-state index < -0.39 is 0 Å². The van der Waals surface area contributed by atoms with Crippen molar-refractivity contribution in [3.63, 3.8) is 0 Å². The second-order valence-electron chi connectivity index (χ2n) is 7.53. The molecule has 1 unspecified atom stereocenters. The smallest absolute Gasteiger partial charge is 0.139 e. The van der Waals surface area contributed by atoms with E-state index in [1.807, 2.05) is 0 Å². The lowest BCUT2D eigenvalue weighted by atomic mass is 9.79. The van der Waals surface area contributed by atoms with Crippen molar-refractivity contribution in [2.75, 3.05) is 0 Å². The predicted octanol–water partition coefficient (Wildman–Crippen LogP) is 6.49. The standard InChI is InChI=1S/C23H26O/c1-5-23(3,4)22(24)13-16(2)20-12-8-11-19-14-17-9-6-7-10-18(17)15-21(19)20/h6-12,14-16H,5,13H2,1-4H3. The molecule has 24 heavy (non-hydrogen) atoms. The summed E-state index contributed by atoms with van der Waals surface area (Å²) in [6.45, 7) is 8.37. The summed E-state index contributed by atoms with van der Waals surface area (Å²) < 4.78 is 0. The van der Waals surface area contributed by atoms with Crippen LogP contribution in [0.2, 0.25) is 0 Å². The monoisotopic (exact) mass is 318 g/mol. The zero-order valence-corrected chi connectivity index (χ0v) is 15.1. The Labute approximate surface area is 144 Å². The number of fused-ring (bicyclic) bond motifs is 2. The average molecular weight is 318 g/mol. The first-order valence-corrected chi connectivity index (χ1v) is 8.87. The van der Waals surface area contributed by atoms with E-state index in [9.17, 15) is 4.79 Å². The van der Waals surface area contributed by atoms with Crippen LogP contribution in [0.15, 0.2) is 54.6 Å². The first kappa shape index (κ1) is 16.7. The van der Waals surface area contributed by atoms with E-state index in [-0.39, 0.29) is 11.3 Å². The van der Waals surface area contributed by atoms with Gasteiger partial charge in [-0.1, -0.05) is 70.2 Å². The van der Waals surface area contributed by atoms with Gasteiger partial charge in [0.05, 0.1) is 0 Å². The molecule has 3 rings (SSSR count). The van der Waals surface area contributed by atoms with Gasteiger partial charge >= 0.3 is 0 Å². The van der Waals surface area contributed by atoms with Crippen LogP contribution in [0.25, 0.3) is 21.5 Å². The summed E-state index contributed by atoms with van der Waals surface area (Å²) in [6.07, 6.45) is 1.49. The molecule has 1 atom stereocenters. The van der Waals surface area contributed by atoms with Crippen LogP contribution in [0.1, 0.15) is 52.0 Å². The third-order valence-corrected chi connectivity index (χ3v) is 5.44. The molecule has 0 spiro atoms. The van der Waals surface area contributed by atoms with Crippen molar-refractivity contribution in [1.82, 2.24) is 0 Å². The van der Waals surface area contributed by atoms with Crippen LogP contribution < -0.4 is 0 Å². The van der Waals surface area contributed by atoms with Crippen molar-refractivity contribution in [1.29, 1.82) is 0 Å². The van der Waals surface area contributed by atoms with E-state index in [1.165, 1.54) is 27.1 Å². The van der Waals surface area contributed by atoms with Crippen molar-refractivity contribution in [3.8, 4) is 0 Å². The zero-order chi connectivity index (χ0) is 17.3. The fourth-order valence-electron chi connectivity index (χ4n) is 3.28. The van der Waals surface area contributed by atoms with Crippen LogP contribution >= 0.6 is 0 Å². The van der Waals surface area contributed by atoms with Gasteiger partial charge in [-0.05, 0) is 51.6 Å². The maximum atomic E-state index is 12.6. The Kier molecular flexibility index (Phi) is 4.45. The number of Topliss-reactive ketones (excluding diaryl/α,β-unsaturated/α-hetero) is 1. The minimum atomic E-state index is -0.231. The zero-order valence-electron chi connectivity index (χ0n) is 15.1. The van der Waals surface area contributed by atoms with Crippen molar-refractivity contribution in [2.24, 2.45) is 5.41 Å². The summed E-state index contributed by atoms with van der Waals surface area (Å²) in [5.74, 6) is 0.587. The van der Waals surface area contributed by atoms with Gasteiger partial charge < -0.3 is 0 Å². The lowest BCUT2D eigenvalue weighted by molar-refractivity contribution is -0.127. The van der Waals surface area contributed by atoms with E-state index in [4.69, 9.17) is 0 Å². The number of benzene rings is 3. The molecule has 0 aliphatic heterocycles. The Hall–Kier alpha value is -2.15. The molecule has 0 aromatic heterocycles. The van der Waals surface area contributed by atoms with Crippen molar-refractivity contribution in [2.45, 2.75) is 46.5 Å². The van der Waals surface area contributed by atoms with Crippen LogP contribution in [0.4, 0.5) is 0 Å². The molecule has 0 heterocycles. The van der Waals surface area contributed by atoms with Gasteiger partial charge in [-0.2, -0.15) is 0 Å². The fraction of sp³-hybridized carbons (Fsp3) is 0.348. The van der Waals surface area contributed by atoms with Crippen LogP contribution in [0.5, 0.6) is 0 Å². The number of carbonyl (C=O) groups is 1. The third-order valence-electron chi connectivity index (χ3n) is 5.44. The molecule has 0 saturated carbocycles. The van der Waals surface area contributed by atoms with Gasteiger partial charge in [0.1, 0.15) is 5.78 Å². The average Bonchev–Trinajstić information content (AvgIpc) is 2.59. The van der Waals surface area contributed by atoms with E-state index in [0.717, 1.165) is 6.42 Å². The van der Waals surface area contributed by atoms with Crippen LogP contribution in [0, 0.1) is 5.41 Å². The summed E-state index contributed by atoms with van der Waals surface area (Å²) in [7, 11) is 0. The predicted molar refractivity (Wildman–Crippen MR) is 104 cm³/mol. The Balaban J connectivity index is 2.02. The van der Waals surface area contributed by atoms with E-state index in [0.29, 0.717) is 12.2 Å². The molecule has 0 saturated heterocycles. The number of ketones is 1. The highest BCUT2D eigenvalue weighted by molar-refractivity contribution is 6.00. The van der Waals surface area contributed by atoms with Crippen molar-refractivity contribution >= 4 is 27.3 Å². The Bertz CT molecular complexity index is 889. The normalized spacial score (nSPS) is 13.3. The molecule has 1 heteroatoms. The number of hydrogen-bond acceptors (Lipinski definition) is 1. The first-order chi connectivity index (χ1) is 11.4. The molecular weight excluding hydrogens is 292 g/mol. The third kappa shape index (κ3) is 3.08. The number of hydrogen-bond donors (Lipinski definition) is 0. The van der Waals surface area contributed by atoms with Gasteiger partial charge in [-0.15, -0.1) is 0 Å². The second-order valence-corrected chi connectivity index (χ2v) is 7.53. The van der Waals surface area contributed by atoms with Crippen LogP contribution in [-0.2, 0) is 4.79 Å². The summed E-state index contributed by atoms with van der Waals surface area (Å²) in [5, 5.41) is 5.04. The minimum absolute atomic E-state index is 0.230. The van der Waals surface area contributed by atoms with E-state index in [2.05, 4.69) is 82.3 Å². The molecule has 0 fully saturated rings. The van der Waals surface area contributed by atoms with Gasteiger partial charge in [0.25, 0.3) is 0 Å². The quantitative estimate of drug-likeness (QED) is 0.491. The van der Waals surface area contributed by atoms with Gasteiger partial charge in [0, 0.05) is 11.8 Å². The SMILES string of the molecule is CCC(C)(C)C(=O)CC(C)c1cccc2cc3ccccc3cc12. The first-order valence-electron chi connectivity index (χ1n) is 8.87. The molecular formula is C23H26O. The highest BCUT2D eigenvalue weighted by atomic mass is 16.1. The summed E-state index contributed by atoms with van der Waals surface area (Å²) in [4.78, 5) is 12.6. The van der Waals surface area contributed by atoms with Crippen LogP contribution in [0.3, 0.4) is 0 Å². The topological polar surface area (TPSA) is 17.1 Å². The number of carbonyl (C=O) groups excluding carboxylic acids is 1. The van der Waals surface area contributed by atoms with Gasteiger partial charge in [0.2, 0.25) is 0 Å². The molecule has 3 aromatic rings. The molecule has 0 amide bonds. The van der Waals surface area contributed by atoms with Gasteiger partial charge in [-0.3, -0.25) is 4.79 Å². The lowest BCUT2D eigenvalue weighted by Crippen LogP contribution is -2.24. The molecule has 1 nitrogen and oxygen atoms in total. The maximum Gasteiger partial charge on any atom is 0.139 e. The van der Waals surface area contributed by atoms with Gasteiger partial charge in [-0.25, -0.2) is 0 Å². The highest BCUT2D eigenvalue weighted by Crippen LogP contribution is 2.33. The highest BCUT2D eigenvalue weighted by Gasteiger charge is 2.27. The Morgan fingerprint density at radius 2 is 1.58 bits per heavy atom. The molecule has 0 bridgehead atoms. The van der Waals surface area contributed by atoms with Crippen LogP contribution in [-0.4, -0.2) is 5.78 Å². The Morgan fingerprint density at radius 3 is 2.25 bits per heavy atom. The second kappa shape index (κ2) is 6.39. The lowest BCUT2D eigenvalue weighted by Gasteiger charge is -2.23. The van der Waals surface area contributed by atoms with E-state index in [1.54, 1.807) is 0 Å². The maximum absolute atomic E-state index is 12.6. The van der Waals surface area contributed by atoms with Crippen molar-refractivity contribution < 1.29 is 4.79 Å². The van der Waals surface area contributed by atoms with E-state index >= 15 is 0 Å². The van der Waals surface area contributed by atoms with Crippen molar-refractivity contribution in [3.05, 3.63) is 60.2 Å². The molecule has 0 aliphatic carbocycles.